The van der Waals surface area contributed by atoms with Gasteiger partial charge in [-0.15, -0.1) is 0 Å². The molecule has 1 atom stereocenters. The van der Waals surface area contributed by atoms with Gasteiger partial charge in [-0.2, -0.15) is 5.26 Å². The molecule has 0 radical (unpaired) electrons. The maximum absolute atomic E-state index is 11.6. The third-order valence-corrected chi connectivity index (χ3v) is 2.73. The Morgan fingerprint density at radius 3 is 2.60 bits per heavy atom. The Labute approximate surface area is 117 Å². The summed E-state index contributed by atoms with van der Waals surface area (Å²) in [5.74, 6) is -0.893. The SMILES string of the molecule is CCCC[C@H](NC(=O)OCc1ccccc1)C(=O)OO. The zero-order chi connectivity index (χ0) is 14.8. The van der Waals surface area contributed by atoms with Crippen LogP contribution in [-0.2, 0) is 21.0 Å². The summed E-state index contributed by atoms with van der Waals surface area (Å²) >= 11 is 0. The molecule has 0 fully saturated rings. The molecule has 1 aromatic rings. The van der Waals surface area contributed by atoms with Crippen LogP contribution in [0.2, 0.25) is 0 Å². The fourth-order valence-electron chi connectivity index (χ4n) is 1.63. The van der Waals surface area contributed by atoms with E-state index in [1.165, 1.54) is 0 Å². The molecule has 0 saturated carbocycles. The Bertz CT molecular complexity index is 421. The predicted octanol–water partition coefficient (Wildman–Crippen LogP) is 2.49. The maximum atomic E-state index is 11.6. The number of unbranched alkanes of at least 4 members (excludes halogenated alkanes) is 1. The first-order chi connectivity index (χ1) is 9.67. The Morgan fingerprint density at radius 2 is 2.00 bits per heavy atom. The van der Waals surface area contributed by atoms with E-state index in [1.807, 2.05) is 37.3 Å². The van der Waals surface area contributed by atoms with Crippen LogP contribution in [0.5, 0.6) is 0 Å². The maximum Gasteiger partial charge on any atom is 0.408 e. The highest BCUT2D eigenvalue weighted by Gasteiger charge is 2.22. The van der Waals surface area contributed by atoms with Crippen molar-refractivity contribution in [2.24, 2.45) is 0 Å². The smallest absolute Gasteiger partial charge is 0.408 e. The molecule has 0 bridgehead atoms. The van der Waals surface area contributed by atoms with Gasteiger partial charge in [-0.3, -0.25) is 4.89 Å². The van der Waals surface area contributed by atoms with Crippen molar-refractivity contribution in [2.75, 3.05) is 0 Å². The molecule has 1 aromatic carbocycles. The molecule has 0 aliphatic rings. The van der Waals surface area contributed by atoms with Crippen LogP contribution in [0.25, 0.3) is 0 Å². The van der Waals surface area contributed by atoms with Crippen molar-refractivity contribution in [3.05, 3.63) is 35.9 Å². The lowest BCUT2D eigenvalue weighted by Gasteiger charge is -2.15. The van der Waals surface area contributed by atoms with E-state index >= 15 is 0 Å². The summed E-state index contributed by atoms with van der Waals surface area (Å²) in [6, 6.07) is 8.28. The number of hydrogen-bond donors (Lipinski definition) is 2. The van der Waals surface area contributed by atoms with Crippen molar-refractivity contribution >= 4 is 12.1 Å². The number of nitrogens with one attached hydrogen (secondary N) is 1. The normalized spacial score (nSPS) is 11.5. The van der Waals surface area contributed by atoms with Crippen molar-refractivity contribution < 1.29 is 24.5 Å². The summed E-state index contributed by atoms with van der Waals surface area (Å²) in [5, 5.41) is 10.8. The first-order valence-corrected chi connectivity index (χ1v) is 6.49. The topological polar surface area (TPSA) is 84.9 Å². The third-order valence-electron chi connectivity index (χ3n) is 2.73. The summed E-state index contributed by atoms with van der Waals surface area (Å²) in [6.45, 7) is 2.07. The number of carbonyl (C=O) groups excluding carboxylic acids is 2. The highest BCUT2D eigenvalue weighted by molar-refractivity contribution is 5.80. The molecule has 1 rings (SSSR count). The molecule has 0 saturated heterocycles. The van der Waals surface area contributed by atoms with E-state index in [0.29, 0.717) is 6.42 Å². The van der Waals surface area contributed by atoms with Gasteiger partial charge in [0.2, 0.25) is 0 Å². The zero-order valence-electron chi connectivity index (χ0n) is 11.4. The van der Waals surface area contributed by atoms with E-state index in [-0.39, 0.29) is 6.61 Å². The second kappa shape index (κ2) is 8.92. The van der Waals surface area contributed by atoms with E-state index < -0.39 is 18.1 Å². The number of carbonyl (C=O) groups is 2. The lowest BCUT2D eigenvalue weighted by molar-refractivity contribution is -0.236. The van der Waals surface area contributed by atoms with Gasteiger partial charge in [0.05, 0.1) is 0 Å². The summed E-state index contributed by atoms with van der Waals surface area (Å²) in [4.78, 5) is 26.5. The number of amides is 1. The van der Waals surface area contributed by atoms with Gasteiger partial charge in [-0.25, -0.2) is 9.59 Å². The van der Waals surface area contributed by atoms with Gasteiger partial charge in [-0.05, 0) is 12.0 Å². The van der Waals surface area contributed by atoms with Gasteiger partial charge >= 0.3 is 12.1 Å². The second-order valence-corrected chi connectivity index (χ2v) is 4.31. The van der Waals surface area contributed by atoms with Crippen LogP contribution in [0.3, 0.4) is 0 Å². The number of ether oxygens (including phenoxy) is 1. The molecule has 2 N–H and O–H groups in total. The van der Waals surface area contributed by atoms with E-state index in [0.717, 1.165) is 18.4 Å². The average molecular weight is 281 g/mol. The summed E-state index contributed by atoms with van der Waals surface area (Å²) < 4.78 is 4.99. The van der Waals surface area contributed by atoms with Gasteiger partial charge in [0.1, 0.15) is 12.6 Å². The highest BCUT2D eigenvalue weighted by atomic mass is 17.1. The lowest BCUT2D eigenvalue weighted by atomic mass is 10.1. The summed E-state index contributed by atoms with van der Waals surface area (Å²) in [7, 11) is 0. The average Bonchev–Trinajstić information content (AvgIpc) is 2.49. The van der Waals surface area contributed by atoms with Gasteiger partial charge in [0, 0.05) is 0 Å². The Kier molecular flexibility index (Phi) is 7.13. The van der Waals surface area contributed by atoms with E-state index in [9.17, 15) is 9.59 Å². The van der Waals surface area contributed by atoms with Crippen LogP contribution in [0, 0.1) is 0 Å². The minimum Gasteiger partial charge on any atom is -0.445 e. The van der Waals surface area contributed by atoms with E-state index in [1.54, 1.807) is 0 Å². The molecule has 6 nitrogen and oxygen atoms in total. The van der Waals surface area contributed by atoms with Crippen molar-refractivity contribution in [1.29, 1.82) is 0 Å². The number of benzene rings is 1. The van der Waals surface area contributed by atoms with Gasteiger partial charge in [-0.1, -0.05) is 50.1 Å². The van der Waals surface area contributed by atoms with Gasteiger partial charge in [0.25, 0.3) is 0 Å². The van der Waals surface area contributed by atoms with Crippen LogP contribution in [0.15, 0.2) is 30.3 Å². The molecule has 0 aromatic heterocycles. The molecule has 0 heterocycles. The highest BCUT2D eigenvalue weighted by Crippen LogP contribution is 2.04. The Balaban J connectivity index is 2.43. The van der Waals surface area contributed by atoms with Gasteiger partial charge in [0.15, 0.2) is 0 Å². The minimum absolute atomic E-state index is 0.112. The van der Waals surface area contributed by atoms with E-state index in [4.69, 9.17) is 9.99 Å². The molecular formula is C14H19NO5. The first kappa shape index (κ1) is 16.0. The van der Waals surface area contributed by atoms with Crippen LogP contribution < -0.4 is 5.32 Å². The molecular weight excluding hydrogens is 262 g/mol. The standard InChI is InChI=1S/C14H19NO5/c1-2-3-9-12(13(16)20-18)15-14(17)19-10-11-7-5-4-6-8-11/h4-8,12,18H,2-3,9-10H2,1H3,(H,15,17)/t12-/m0/s1. The van der Waals surface area contributed by atoms with Crippen LogP contribution >= 0.6 is 0 Å². The predicted molar refractivity (Wildman–Crippen MR) is 71.8 cm³/mol. The molecule has 0 spiro atoms. The zero-order valence-corrected chi connectivity index (χ0v) is 11.4. The molecule has 0 aliphatic carbocycles. The molecule has 110 valence electrons. The molecule has 0 aliphatic heterocycles. The summed E-state index contributed by atoms with van der Waals surface area (Å²) in [6.07, 6.45) is 1.24. The van der Waals surface area contributed by atoms with E-state index in [2.05, 4.69) is 10.2 Å². The molecule has 6 heteroatoms. The fraction of sp³-hybridized carbons (Fsp3) is 0.429. The quantitative estimate of drug-likeness (QED) is 0.592. The van der Waals surface area contributed by atoms with Crippen LogP contribution in [0.4, 0.5) is 4.79 Å². The van der Waals surface area contributed by atoms with Crippen LogP contribution in [-0.4, -0.2) is 23.4 Å². The first-order valence-electron chi connectivity index (χ1n) is 6.49. The number of hydrogen-bond acceptors (Lipinski definition) is 5. The molecule has 20 heavy (non-hydrogen) atoms. The van der Waals surface area contributed by atoms with Gasteiger partial charge < -0.3 is 10.1 Å². The molecule has 1 amide bonds. The van der Waals surface area contributed by atoms with Crippen molar-refractivity contribution in [3.8, 4) is 0 Å². The molecule has 0 unspecified atom stereocenters. The monoisotopic (exact) mass is 281 g/mol. The third kappa shape index (κ3) is 5.71. The Morgan fingerprint density at radius 1 is 1.30 bits per heavy atom. The number of alkyl carbamates (subject to hydrolysis) is 1. The number of rotatable bonds is 7. The lowest BCUT2D eigenvalue weighted by Crippen LogP contribution is -2.41. The van der Waals surface area contributed by atoms with Crippen LogP contribution in [0.1, 0.15) is 31.7 Å². The van der Waals surface area contributed by atoms with Crippen molar-refractivity contribution in [2.45, 2.75) is 38.8 Å². The Hall–Kier alpha value is -2.08. The van der Waals surface area contributed by atoms with Crippen molar-refractivity contribution in [3.63, 3.8) is 0 Å². The minimum atomic E-state index is -0.900. The summed E-state index contributed by atoms with van der Waals surface area (Å²) in [5.41, 5.74) is 0.845. The fourth-order valence-corrected chi connectivity index (χ4v) is 1.63. The largest absolute Gasteiger partial charge is 0.445 e. The van der Waals surface area contributed by atoms with Crippen molar-refractivity contribution in [1.82, 2.24) is 5.32 Å². The second-order valence-electron chi connectivity index (χ2n) is 4.31.